The SMILES string of the molecule is CCC(CC)Oc1ccc(NC(C#N)=C(C#N)C#N)cc1. The van der Waals surface area contributed by atoms with Gasteiger partial charge in [-0.15, -0.1) is 0 Å². The first kappa shape index (κ1) is 16.1. The zero-order valence-corrected chi connectivity index (χ0v) is 12.1. The molecule has 0 atom stereocenters. The molecule has 0 saturated carbocycles. The van der Waals surface area contributed by atoms with Crippen LogP contribution in [-0.4, -0.2) is 6.10 Å². The van der Waals surface area contributed by atoms with Gasteiger partial charge in [-0.1, -0.05) is 13.8 Å². The smallest absolute Gasteiger partial charge is 0.163 e. The van der Waals surface area contributed by atoms with Crippen LogP contribution >= 0.6 is 0 Å². The van der Waals surface area contributed by atoms with Gasteiger partial charge in [-0.05, 0) is 37.1 Å². The Morgan fingerprint density at radius 1 is 1.05 bits per heavy atom. The third-order valence-electron chi connectivity index (χ3n) is 2.92. The molecule has 0 bridgehead atoms. The summed E-state index contributed by atoms with van der Waals surface area (Å²) < 4.78 is 5.78. The molecule has 5 heteroatoms. The zero-order valence-electron chi connectivity index (χ0n) is 12.1. The van der Waals surface area contributed by atoms with Gasteiger partial charge in [-0.3, -0.25) is 0 Å². The van der Waals surface area contributed by atoms with E-state index in [0.29, 0.717) is 5.69 Å². The standard InChI is InChI=1S/C16H16N4O/c1-3-14(4-2)21-15-7-5-13(6-8-15)20-16(11-19)12(9-17)10-18/h5-8,14,20H,3-4H2,1-2H3. The Hall–Kier alpha value is -2.97. The quantitative estimate of drug-likeness (QED) is 0.805. The first-order valence-corrected chi connectivity index (χ1v) is 6.66. The van der Waals surface area contributed by atoms with Crippen LogP contribution in [0.3, 0.4) is 0 Å². The average Bonchev–Trinajstić information content (AvgIpc) is 2.54. The molecule has 0 heterocycles. The molecule has 0 amide bonds. The number of nitriles is 3. The first-order chi connectivity index (χ1) is 10.2. The summed E-state index contributed by atoms with van der Waals surface area (Å²) in [6.45, 7) is 4.14. The molecule has 1 aromatic carbocycles. The van der Waals surface area contributed by atoms with Gasteiger partial charge in [0.15, 0.2) is 5.57 Å². The Morgan fingerprint density at radius 3 is 2.05 bits per heavy atom. The van der Waals surface area contributed by atoms with Gasteiger partial charge in [0.25, 0.3) is 0 Å². The maximum Gasteiger partial charge on any atom is 0.163 e. The second-order valence-electron chi connectivity index (χ2n) is 4.29. The number of ether oxygens (including phenoxy) is 1. The van der Waals surface area contributed by atoms with Gasteiger partial charge in [0.2, 0.25) is 0 Å². The lowest BCUT2D eigenvalue weighted by atomic mass is 10.2. The van der Waals surface area contributed by atoms with Gasteiger partial charge >= 0.3 is 0 Å². The van der Waals surface area contributed by atoms with E-state index in [4.69, 9.17) is 20.5 Å². The molecule has 106 valence electrons. The third kappa shape index (κ3) is 4.56. The van der Waals surface area contributed by atoms with E-state index in [0.717, 1.165) is 18.6 Å². The number of hydrogen-bond donors (Lipinski definition) is 1. The van der Waals surface area contributed by atoms with Crippen molar-refractivity contribution >= 4 is 5.69 Å². The largest absolute Gasteiger partial charge is 0.490 e. The molecule has 0 unspecified atom stereocenters. The van der Waals surface area contributed by atoms with Crippen molar-refractivity contribution in [1.29, 1.82) is 15.8 Å². The Bertz CT molecular complexity index is 606. The molecule has 1 rings (SSSR count). The summed E-state index contributed by atoms with van der Waals surface area (Å²) in [7, 11) is 0. The predicted molar refractivity (Wildman–Crippen MR) is 78.9 cm³/mol. The predicted octanol–water partition coefficient (Wildman–Crippen LogP) is 3.49. The monoisotopic (exact) mass is 280 g/mol. The molecule has 0 aliphatic carbocycles. The molecule has 1 N–H and O–H groups in total. The lowest BCUT2D eigenvalue weighted by Gasteiger charge is -2.15. The summed E-state index contributed by atoms with van der Waals surface area (Å²) in [5.41, 5.74) is 0.315. The fourth-order valence-corrected chi connectivity index (χ4v) is 1.69. The Kier molecular flexibility index (Phi) is 6.32. The van der Waals surface area contributed by atoms with Crippen LogP contribution in [-0.2, 0) is 0 Å². The molecule has 0 aliphatic heterocycles. The van der Waals surface area contributed by atoms with E-state index >= 15 is 0 Å². The number of anilines is 1. The average molecular weight is 280 g/mol. The Morgan fingerprint density at radius 2 is 1.62 bits per heavy atom. The number of rotatable bonds is 6. The molecule has 0 radical (unpaired) electrons. The minimum atomic E-state index is -0.241. The van der Waals surface area contributed by atoms with Crippen LogP contribution in [0.2, 0.25) is 0 Å². The molecule has 0 aliphatic rings. The highest BCUT2D eigenvalue weighted by atomic mass is 16.5. The van der Waals surface area contributed by atoms with Crippen molar-refractivity contribution < 1.29 is 4.74 Å². The maximum atomic E-state index is 8.96. The number of nitrogens with one attached hydrogen (secondary N) is 1. The van der Waals surface area contributed by atoms with Crippen LogP contribution in [0.4, 0.5) is 5.69 Å². The van der Waals surface area contributed by atoms with Crippen molar-refractivity contribution in [2.24, 2.45) is 0 Å². The van der Waals surface area contributed by atoms with Crippen LogP contribution in [0.1, 0.15) is 26.7 Å². The highest BCUT2D eigenvalue weighted by Gasteiger charge is 2.07. The normalized spacial score (nSPS) is 9.14. The first-order valence-electron chi connectivity index (χ1n) is 6.66. The maximum absolute atomic E-state index is 8.96. The highest BCUT2D eigenvalue weighted by Crippen LogP contribution is 2.20. The van der Waals surface area contributed by atoms with Crippen LogP contribution in [0.15, 0.2) is 35.5 Å². The van der Waals surface area contributed by atoms with Crippen molar-refractivity contribution in [1.82, 2.24) is 0 Å². The van der Waals surface area contributed by atoms with Crippen LogP contribution in [0.5, 0.6) is 5.75 Å². The number of nitrogens with zero attached hydrogens (tertiary/aromatic N) is 3. The number of hydrogen-bond acceptors (Lipinski definition) is 5. The van der Waals surface area contributed by atoms with Crippen LogP contribution in [0, 0.1) is 34.0 Å². The number of benzene rings is 1. The van der Waals surface area contributed by atoms with E-state index in [1.165, 1.54) is 0 Å². The molecule has 0 fully saturated rings. The fraction of sp³-hybridized carbons (Fsp3) is 0.312. The van der Waals surface area contributed by atoms with Gasteiger partial charge in [0.05, 0.1) is 6.10 Å². The van der Waals surface area contributed by atoms with Crippen LogP contribution in [0.25, 0.3) is 0 Å². The van der Waals surface area contributed by atoms with Gasteiger partial charge < -0.3 is 10.1 Å². The van der Waals surface area contributed by atoms with Gasteiger partial charge in [0.1, 0.15) is 29.7 Å². The van der Waals surface area contributed by atoms with E-state index in [1.807, 2.05) is 6.07 Å². The molecule has 0 saturated heterocycles. The molecule has 0 spiro atoms. The van der Waals surface area contributed by atoms with Crippen LogP contribution < -0.4 is 10.1 Å². The van der Waals surface area contributed by atoms with Crippen molar-refractivity contribution in [2.45, 2.75) is 32.8 Å². The minimum Gasteiger partial charge on any atom is -0.490 e. The van der Waals surface area contributed by atoms with E-state index in [-0.39, 0.29) is 17.4 Å². The van der Waals surface area contributed by atoms with Crippen molar-refractivity contribution in [3.8, 4) is 24.0 Å². The molecule has 5 nitrogen and oxygen atoms in total. The molecule has 21 heavy (non-hydrogen) atoms. The van der Waals surface area contributed by atoms with E-state index in [2.05, 4.69) is 19.2 Å². The molecular weight excluding hydrogens is 264 g/mol. The highest BCUT2D eigenvalue weighted by molar-refractivity contribution is 5.58. The van der Waals surface area contributed by atoms with Gasteiger partial charge in [-0.25, -0.2) is 0 Å². The van der Waals surface area contributed by atoms with E-state index in [9.17, 15) is 0 Å². The van der Waals surface area contributed by atoms with Gasteiger partial charge in [0, 0.05) is 5.69 Å². The Labute approximate surface area is 124 Å². The molecular formula is C16H16N4O. The van der Waals surface area contributed by atoms with E-state index < -0.39 is 0 Å². The summed E-state index contributed by atoms with van der Waals surface area (Å²) in [6.07, 6.45) is 2.05. The summed E-state index contributed by atoms with van der Waals surface area (Å²) >= 11 is 0. The molecule has 1 aromatic rings. The van der Waals surface area contributed by atoms with E-state index in [1.54, 1.807) is 36.4 Å². The second-order valence-corrected chi connectivity index (χ2v) is 4.29. The summed E-state index contributed by atoms with van der Waals surface area (Å²) in [6, 6.07) is 12.2. The lowest BCUT2D eigenvalue weighted by molar-refractivity contribution is 0.193. The summed E-state index contributed by atoms with van der Waals surface area (Å²) in [5.74, 6) is 0.748. The zero-order chi connectivity index (χ0) is 15.7. The fourth-order valence-electron chi connectivity index (χ4n) is 1.69. The lowest BCUT2D eigenvalue weighted by Crippen LogP contribution is -2.13. The number of allylic oxidation sites excluding steroid dienone is 2. The molecule has 0 aromatic heterocycles. The van der Waals surface area contributed by atoms with Crippen molar-refractivity contribution in [3.63, 3.8) is 0 Å². The van der Waals surface area contributed by atoms with Crippen molar-refractivity contribution in [2.75, 3.05) is 5.32 Å². The third-order valence-corrected chi connectivity index (χ3v) is 2.92. The van der Waals surface area contributed by atoms with Gasteiger partial charge in [-0.2, -0.15) is 15.8 Å². The van der Waals surface area contributed by atoms with Crippen molar-refractivity contribution in [3.05, 3.63) is 35.5 Å². The second kappa shape index (κ2) is 8.25. The Balaban J connectivity index is 2.85. The summed E-state index contributed by atoms with van der Waals surface area (Å²) in [4.78, 5) is 0. The topological polar surface area (TPSA) is 92.6 Å². The minimum absolute atomic E-state index is 0.0614. The summed E-state index contributed by atoms with van der Waals surface area (Å²) in [5, 5.41) is 29.2.